The van der Waals surface area contributed by atoms with Crippen molar-refractivity contribution < 1.29 is 9.47 Å². The van der Waals surface area contributed by atoms with Gasteiger partial charge >= 0.3 is 0 Å². The Morgan fingerprint density at radius 2 is 1.89 bits per heavy atom. The van der Waals surface area contributed by atoms with Crippen molar-refractivity contribution in [3.63, 3.8) is 0 Å². The number of alkyl halides is 1. The lowest BCUT2D eigenvalue weighted by Gasteiger charge is -2.36. The first kappa shape index (κ1) is 19.7. The largest absolute Gasteiger partial charge is 0.496 e. The first-order valence-electron chi connectivity index (χ1n) is 10.4. The lowest BCUT2D eigenvalue weighted by Crippen LogP contribution is -2.43. The van der Waals surface area contributed by atoms with Crippen LogP contribution in [0.4, 0.5) is 0 Å². The van der Waals surface area contributed by atoms with Gasteiger partial charge in [-0.05, 0) is 49.4 Å². The van der Waals surface area contributed by atoms with E-state index >= 15 is 0 Å². The summed E-state index contributed by atoms with van der Waals surface area (Å²) < 4.78 is 12.0. The van der Waals surface area contributed by atoms with Gasteiger partial charge in [-0.3, -0.25) is 4.98 Å². The highest BCUT2D eigenvalue weighted by atomic mass is 79.9. The summed E-state index contributed by atoms with van der Waals surface area (Å²) >= 11 is 3.55. The monoisotopic (exact) mass is 444 g/mol. The molecule has 0 atom stereocenters. The van der Waals surface area contributed by atoms with E-state index < -0.39 is 0 Å². The Morgan fingerprint density at radius 3 is 2.61 bits per heavy atom. The van der Waals surface area contributed by atoms with Crippen LogP contribution in [-0.4, -0.2) is 42.2 Å². The Bertz CT molecular complexity index is 784. The predicted octanol–water partition coefficient (Wildman–Crippen LogP) is 5.44. The van der Waals surface area contributed by atoms with Crippen LogP contribution in [0.5, 0.6) is 11.5 Å². The number of hydrogen-bond acceptors (Lipinski definition) is 4. The molecule has 0 N–H and O–H groups in total. The Labute approximate surface area is 176 Å². The molecule has 0 amide bonds. The summed E-state index contributed by atoms with van der Waals surface area (Å²) in [5, 5.41) is 0.761. The van der Waals surface area contributed by atoms with Gasteiger partial charge in [-0.1, -0.05) is 34.8 Å². The highest BCUT2D eigenvalue weighted by Crippen LogP contribution is 2.35. The highest BCUT2D eigenvalue weighted by molar-refractivity contribution is 9.08. The molecule has 5 heteroatoms. The molecule has 1 saturated carbocycles. The van der Waals surface area contributed by atoms with E-state index in [-0.39, 0.29) is 0 Å². The molecule has 4 rings (SSSR count). The van der Waals surface area contributed by atoms with Crippen molar-refractivity contribution in [2.75, 3.05) is 20.2 Å². The van der Waals surface area contributed by atoms with Crippen LogP contribution in [0.15, 0.2) is 36.5 Å². The van der Waals surface area contributed by atoms with Gasteiger partial charge in [0.2, 0.25) is 0 Å². The molecule has 2 aromatic rings. The molecule has 1 aromatic carbocycles. The van der Waals surface area contributed by atoms with Crippen LogP contribution in [-0.2, 0) is 5.33 Å². The van der Waals surface area contributed by atoms with Crippen LogP contribution in [0, 0.1) is 0 Å². The minimum Gasteiger partial charge on any atom is -0.496 e. The Kier molecular flexibility index (Phi) is 6.53. The van der Waals surface area contributed by atoms with Gasteiger partial charge in [0.1, 0.15) is 17.6 Å². The van der Waals surface area contributed by atoms with Crippen LogP contribution < -0.4 is 9.47 Å². The molecule has 1 aromatic heterocycles. The van der Waals surface area contributed by atoms with Gasteiger partial charge in [0.05, 0.1) is 12.8 Å². The number of hydrogen-bond donors (Lipinski definition) is 0. The number of pyridine rings is 1. The maximum Gasteiger partial charge on any atom is 0.131 e. The molecular formula is C23H29BrN2O2. The van der Waals surface area contributed by atoms with Crippen molar-refractivity contribution >= 4 is 15.9 Å². The summed E-state index contributed by atoms with van der Waals surface area (Å²) in [7, 11) is 1.71. The zero-order valence-electron chi connectivity index (χ0n) is 16.6. The standard InChI is InChI=1S/C23H29BrN2O2/c1-27-22-15-20(8-9-21(22)23-17(16-24)5-4-12-25-23)28-19-10-13-26(14-11-19)18-6-2-3-7-18/h4-5,8-9,12,15,18-19H,2-3,6-7,10-11,13-14,16H2,1H3. The molecule has 0 unspecified atom stereocenters. The predicted molar refractivity (Wildman–Crippen MR) is 116 cm³/mol. The number of nitrogens with zero attached hydrogens (tertiary/aromatic N) is 2. The molecule has 1 saturated heterocycles. The van der Waals surface area contributed by atoms with Gasteiger partial charge in [0.25, 0.3) is 0 Å². The first-order valence-corrected chi connectivity index (χ1v) is 11.5. The molecule has 0 spiro atoms. The van der Waals surface area contributed by atoms with Gasteiger partial charge in [0, 0.05) is 42.3 Å². The van der Waals surface area contributed by atoms with Crippen LogP contribution in [0.1, 0.15) is 44.1 Å². The van der Waals surface area contributed by atoms with Crippen molar-refractivity contribution in [1.29, 1.82) is 0 Å². The Balaban J connectivity index is 1.43. The van der Waals surface area contributed by atoms with Gasteiger partial charge in [-0.15, -0.1) is 0 Å². The number of methoxy groups -OCH3 is 1. The molecule has 150 valence electrons. The van der Waals surface area contributed by atoms with E-state index in [0.717, 1.165) is 65.6 Å². The summed E-state index contributed by atoms with van der Waals surface area (Å²) in [4.78, 5) is 7.24. The van der Waals surface area contributed by atoms with Crippen molar-refractivity contribution in [2.45, 2.75) is 56.0 Å². The average molecular weight is 445 g/mol. The van der Waals surface area contributed by atoms with Gasteiger partial charge in [0.15, 0.2) is 0 Å². The second-order valence-corrected chi connectivity index (χ2v) is 8.36. The fourth-order valence-electron chi connectivity index (χ4n) is 4.55. The van der Waals surface area contributed by atoms with Crippen molar-refractivity contribution in [1.82, 2.24) is 9.88 Å². The fraction of sp³-hybridized carbons (Fsp3) is 0.522. The molecule has 2 aliphatic rings. The molecule has 28 heavy (non-hydrogen) atoms. The van der Waals surface area contributed by atoms with Crippen molar-refractivity contribution in [3.05, 3.63) is 42.1 Å². The lowest BCUT2D eigenvalue weighted by atomic mass is 10.0. The van der Waals surface area contributed by atoms with E-state index in [1.54, 1.807) is 7.11 Å². The third-order valence-corrected chi connectivity index (χ3v) is 6.69. The lowest BCUT2D eigenvalue weighted by molar-refractivity contribution is 0.0767. The number of piperidine rings is 1. The minimum absolute atomic E-state index is 0.293. The number of benzene rings is 1. The van der Waals surface area contributed by atoms with Crippen LogP contribution >= 0.6 is 15.9 Å². The first-order chi connectivity index (χ1) is 13.8. The molecular weight excluding hydrogens is 416 g/mol. The SMILES string of the molecule is COc1cc(OC2CCN(C3CCCC3)CC2)ccc1-c1ncccc1CBr. The smallest absolute Gasteiger partial charge is 0.131 e. The van der Waals surface area contributed by atoms with E-state index in [2.05, 4.69) is 37.9 Å². The van der Waals surface area contributed by atoms with Crippen LogP contribution in [0.2, 0.25) is 0 Å². The van der Waals surface area contributed by atoms with E-state index in [9.17, 15) is 0 Å². The fourth-order valence-corrected chi connectivity index (χ4v) is 5.00. The molecule has 0 radical (unpaired) electrons. The number of halogens is 1. The number of rotatable bonds is 6. The zero-order chi connectivity index (χ0) is 19.3. The Hall–Kier alpha value is -1.59. The van der Waals surface area contributed by atoms with E-state index in [1.807, 2.05) is 24.4 Å². The highest BCUT2D eigenvalue weighted by Gasteiger charge is 2.28. The summed E-state index contributed by atoms with van der Waals surface area (Å²) in [6.07, 6.45) is 9.90. The van der Waals surface area contributed by atoms with Crippen LogP contribution in [0.25, 0.3) is 11.3 Å². The topological polar surface area (TPSA) is 34.6 Å². The summed E-state index contributed by atoms with van der Waals surface area (Å²) in [5.41, 5.74) is 3.10. The summed E-state index contributed by atoms with van der Waals surface area (Å²) in [6.45, 7) is 2.32. The number of ether oxygens (including phenoxy) is 2. The zero-order valence-corrected chi connectivity index (χ0v) is 18.2. The van der Waals surface area contributed by atoms with Gasteiger partial charge in [-0.2, -0.15) is 0 Å². The van der Waals surface area contributed by atoms with E-state index in [0.29, 0.717) is 6.10 Å². The Morgan fingerprint density at radius 1 is 1.11 bits per heavy atom. The molecule has 0 bridgehead atoms. The van der Waals surface area contributed by atoms with Gasteiger partial charge < -0.3 is 14.4 Å². The summed E-state index contributed by atoms with van der Waals surface area (Å²) in [6, 6.07) is 11.0. The number of aromatic nitrogens is 1. The second-order valence-electron chi connectivity index (χ2n) is 7.80. The van der Waals surface area contributed by atoms with Crippen LogP contribution in [0.3, 0.4) is 0 Å². The number of likely N-dealkylation sites (tertiary alicyclic amines) is 1. The maximum absolute atomic E-state index is 6.32. The van der Waals surface area contributed by atoms with Crippen molar-refractivity contribution in [3.8, 4) is 22.8 Å². The summed E-state index contributed by atoms with van der Waals surface area (Å²) in [5.74, 6) is 1.69. The molecule has 1 aliphatic heterocycles. The molecule has 2 fully saturated rings. The quantitative estimate of drug-likeness (QED) is 0.555. The average Bonchev–Trinajstić information content (AvgIpc) is 3.29. The molecule has 4 nitrogen and oxygen atoms in total. The normalized spacial score (nSPS) is 19.1. The van der Waals surface area contributed by atoms with E-state index in [4.69, 9.17) is 9.47 Å². The van der Waals surface area contributed by atoms with Crippen molar-refractivity contribution in [2.24, 2.45) is 0 Å². The molecule has 2 heterocycles. The molecule has 1 aliphatic carbocycles. The van der Waals surface area contributed by atoms with Gasteiger partial charge in [-0.25, -0.2) is 0 Å². The second kappa shape index (κ2) is 9.27. The minimum atomic E-state index is 0.293. The maximum atomic E-state index is 6.32. The third-order valence-electron chi connectivity index (χ3n) is 6.08. The van der Waals surface area contributed by atoms with E-state index in [1.165, 1.54) is 25.7 Å². The third kappa shape index (κ3) is 4.36.